The highest BCUT2D eigenvalue weighted by Gasteiger charge is 2.26. The number of halogens is 3. The van der Waals surface area contributed by atoms with Gasteiger partial charge in [-0.3, -0.25) is 0 Å². The van der Waals surface area contributed by atoms with Crippen LogP contribution < -0.4 is 5.30 Å². The van der Waals surface area contributed by atoms with E-state index >= 15 is 8.78 Å². The van der Waals surface area contributed by atoms with Gasteiger partial charge < -0.3 is 0 Å². The number of hydrogen-bond donors (Lipinski definition) is 0. The van der Waals surface area contributed by atoms with Gasteiger partial charge in [0.05, 0.1) is 5.56 Å². The highest BCUT2D eigenvalue weighted by atomic mass is 31.1. The molecule has 1 heterocycles. The third-order valence-corrected chi connectivity index (χ3v) is 11.5. The summed E-state index contributed by atoms with van der Waals surface area (Å²) in [5.74, 6) is -1.26. The zero-order valence-electron chi connectivity index (χ0n) is 25.7. The molecule has 0 spiro atoms. The summed E-state index contributed by atoms with van der Waals surface area (Å²) < 4.78 is 45.5. The van der Waals surface area contributed by atoms with Crippen molar-refractivity contribution in [3.05, 3.63) is 142 Å². The van der Waals surface area contributed by atoms with E-state index in [2.05, 4.69) is 58.5 Å². The average molecular weight is 622 g/mol. The monoisotopic (exact) mass is 621 g/mol. The zero-order valence-corrected chi connectivity index (χ0v) is 26.6. The molecule has 0 bridgehead atoms. The summed E-state index contributed by atoms with van der Waals surface area (Å²) in [6, 6.07) is 10.7. The van der Waals surface area contributed by atoms with Crippen LogP contribution >= 0.6 is 7.92 Å². The van der Waals surface area contributed by atoms with Gasteiger partial charge in [0.15, 0.2) is 17.5 Å². The van der Waals surface area contributed by atoms with Crippen molar-refractivity contribution in [1.29, 1.82) is 0 Å². The van der Waals surface area contributed by atoms with Crippen LogP contribution in [0.25, 0.3) is 22.5 Å². The van der Waals surface area contributed by atoms with E-state index in [1.165, 1.54) is 23.1 Å². The van der Waals surface area contributed by atoms with Crippen molar-refractivity contribution in [3.8, 4) is 11.4 Å². The Morgan fingerprint density at radius 3 is 2.16 bits per heavy atom. The summed E-state index contributed by atoms with van der Waals surface area (Å²) in [4.78, 5) is 14.0. The van der Waals surface area contributed by atoms with Gasteiger partial charge in [-0.15, -0.1) is 0 Å². The van der Waals surface area contributed by atoms with E-state index < -0.39 is 19.6 Å². The lowest BCUT2D eigenvalue weighted by atomic mass is 9.98. The van der Waals surface area contributed by atoms with Crippen molar-refractivity contribution in [3.63, 3.8) is 0 Å². The summed E-state index contributed by atoms with van der Waals surface area (Å²) in [5, 5.41) is 2.60. The smallest absolute Gasteiger partial charge is 0.170 e. The summed E-state index contributed by atoms with van der Waals surface area (Å²) >= 11 is 0. The number of aromatic nitrogens is 3. The van der Waals surface area contributed by atoms with Gasteiger partial charge in [-0.2, -0.15) is 0 Å². The minimum Gasteiger partial charge on any atom is -0.211 e. The third-order valence-electron chi connectivity index (χ3n) is 8.62. The van der Waals surface area contributed by atoms with E-state index in [4.69, 9.17) is 4.98 Å². The fourth-order valence-electron chi connectivity index (χ4n) is 5.87. The molecule has 0 amide bonds. The third kappa shape index (κ3) is 6.48. The molecule has 0 saturated heterocycles. The van der Waals surface area contributed by atoms with Gasteiger partial charge in [-0.05, 0) is 93.8 Å². The molecule has 2 aromatic carbocycles. The van der Waals surface area contributed by atoms with Crippen LogP contribution in [0.5, 0.6) is 0 Å². The first kappa shape index (κ1) is 30.9. The van der Waals surface area contributed by atoms with Gasteiger partial charge in [0.2, 0.25) is 0 Å². The molecular weight excluding hydrogens is 586 g/mol. The molecule has 0 fully saturated rings. The topological polar surface area (TPSA) is 38.7 Å². The minimum atomic E-state index is -0.696. The van der Waals surface area contributed by atoms with Crippen LogP contribution in [0.4, 0.5) is 13.2 Å². The second-order valence-electron chi connectivity index (χ2n) is 11.5. The first-order valence-electron chi connectivity index (χ1n) is 15.4. The minimum absolute atomic E-state index is 0.0928. The van der Waals surface area contributed by atoms with Gasteiger partial charge in [0.25, 0.3) is 0 Å². The first-order chi connectivity index (χ1) is 21.8. The van der Waals surface area contributed by atoms with Gasteiger partial charge >= 0.3 is 0 Å². The van der Waals surface area contributed by atoms with Crippen molar-refractivity contribution in [2.75, 3.05) is 0 Å². The molecule has 0 saturated carbocycles. The highest BCUT2D eigenvalue weighted by molar-refractivity contribution is 7.70. The Bertz CT molecular complexity index is 1820. The lowest BCUT2D eigenvalue weighted by Crippen LogP contribution is -2.14. The maximum atomic E-state index is 15.7. The van der Waals surface area contributed by atoms with Crippen LogP contribution in [0.15, 0.2) is 102 Å². The van der Waals surface area contributed by atoms with E-state index in [0.29, 0.717) is 40.2 Å². The fourth-order valence-corrected chi connectivity index (χ4v) is 8.70. The molecule has 1 aromatic heterocycles. The van der Waals surface area contributed by atoms with Crippen molar-refractivity contribution in [2.45, 2.75) is 58.5 Å². The number of allylic oxidation sites excluding steroid dienone is 14. The van der Waals surface area contributed by atoms with Gasteiger partial charge in [0.1, 0.15) is 17.5 Å². The lowest BCUT2D eigenvalue weighted by Gasteiger charge is -2.29. The Hall–Kier alpha value is -4.15. The van der Waals surface area contributed by atoms with Crippen molar-refractivity contribution in [1.82, 2.24) is 15.0 Å². The van der Waals surface area contributed by atoms with Crippen LogP contribution in [-0.2, 0) is 0 Å². The van der Waals surface area contributed by atoms with Gasteiger partial charge in [0, 0.05) is 23.2 Å². The first-order valence-corrected chi connectivity index (χ1v) is 16.8. The number of hydrogen-bond acceptors (Lipinski definition) is 3. The van der Waals surface area contributed by atoms with Crippen LogP contribution in [0.2, 0.25) is 0 Å². The van der Waals surface area contributed by atoms with E-state index in [9.17, 15) is 4.39 Å². The standard InChI is InChI=1S/C38H35F3N3P/c1-24-25(2)34(40)33(35(41)26(24)3)38-43-36(27-12-10-14-29(39)22-20-27)42-37(44-38)28-13-11-19-32(23-21-28)45(30-15-6-4-7-16-30)31-17-8-5-9-18-31/h4,6-8,10,12-13,15-17,19-23,31H,5,9,11,14,18H2,1-3H3. The predicted molar refractivity (Wildman–Crippen MR) is 180 cm³/mol. The molecule has 7 heteroatoms. The maximum absolute atomic E-state index is 15.7. The molecule has 0 aliphatic heterocycles. The lowest BCUT2D eigenvalue weighted by molar-refractivity contribution is 0.573. The molecule has 3 aliphatic rings. The van der Waals surface area contributed by atoms with Crippen molar-refractivity contribution < 1.29 is 13.2 Å². The van der Waals surface area contributed by atoms with Gasteiger partial charge in [-0.1, -0.05) is 78.9 Å². The summed E-state index contributed by atoms with van der Waals surface area (Å²) in [5.41, 5.74) is 2.67. The molecule has 0 N–H and O–H groups in total. The zero-order chi connectivity index (χ0) is 31.5. The molecule has 2 unspecified atom stereocenters. The quantitative estimate of drug-likeness (QED) is 0.203. The number of rotatable bonds is 6. The van der Waals surface area contributed by atoms with E-state index in [-0.39, 0.29) is 29.5 Å². The average Bonchev–Trinajstić information content (AvgIpc) is 3.45. The summed E-state index contributed by atoms with van der Waals surface area (Å²) in [6.45, 7) is 4.96. The van der Waals surface area contributed by atoms with Crippen LogP contribution in [-0.4, -0.2) is 20.6 Å². The second-order valence-corrected chi connectivity index (χ2v) is 14.0. The molecule has 3 nitrogen and oxygen atoms in total. The highest BCUT2D eigenvalue weighted by Crippen LogP contribution is 2.53. The molecule has 2 atom stereocenters. The molecule has 228 valence electrons. The van der Waals surface area contributed by atoms with Crippen LogP contribution in [0.3, 0.4) is 0 Å². The van der Waals surface area contributed by atoms with E-state index in [0.717, 1.165) is 18.4 Å². The van der Waals surface area contributed by atoms with E-state index in [1.807, 2.05) is 18.2 Å². The summed E-state index contributed by atoms with van der Waals surface area (Å²) in [7, 11) is -0.641. The fraction of sp³-hybridized carbons (Fsp3) is 0.237. The molecule has 6 rings (SSSR count). The van der Waals surface area contributed by atoms with Gasteiger partial charge in [-0.25, -0.2) is 28.1 Å². The normalized spacial score (nSPS) is 18.8. The number of benzene rings is 2. The largest absolute Gasteiger partial charge is 0.211 e. The molecule has 3 aromatic rings. The molecule has 3 aliphatic carbocycles. The summed E-state index contributed by atoms with van der Waals surface area (Å²) in [6.07, 6.45) is 23.7. The Balaban J connectivity index is 1.45. The molecule has 0 radical (unpaired) electrons. The van der Waals surface area contributed by atoms with Crippen LogP contribution in [0, 0.1) is 32.4 Å². The van der Waals surface area contributed by atoms with Crippen molar-refractivity contribution >= 4 is 24.4 Å². The Morgan fingerprint density at radius 1 is 0.733 bits per heavy atom. The SMILES string of the molecule is Cc1c(C)c(F)c(-c2nc(C3=CC=C(F)CC=C3)nc(C3=CCC=C(P(c4ccccc4)C4C=CCCC4)C=C3)n2)c(F)c1C. The Labute approximate surface area is 264 Å². The van der Waals surface area contributed by atoms with E-state index in [1.54, 1.807) is 39.0 Å². The predicted octanol–water partition coefficient (Wildman–Crippen LogP) is 10.1. The second kappa shape index (κ2) is 13.5. The van der Waals surface area contributed by atoms with Crippen LogP contribution in [0.1, 0.15) is 60.4 Å². The molecular formula is C38H35F3N3P. The Kier molecular flexibility index (Phi) is 9.23. The Morgan fingerprint density at radius 2 is 1.44 bits per heavy atom. The van der Waals surface area contributed by atoms with Crippen molar-refractivity contribution in [2.24, 2.45) is 0 Å². The maximum Gasteiger partial charge on any atom is 0.170 e. The molecule has 45 heavy (non-hydrogen) atoms. The number of nitrogens with zero attached hydrogens (tertiary/aromatic N) is 3.